The molecule has 1 saturated carbocycles. The first kappa shape index (κ1) is 16.5. The average Bonchev–Trinajstić information content (AvgIpc) is 2.92. The van der Waals surface area contributed by atoms with Gasteiger partial charge >= 0.3 is 0 Å². The number of hydrogen-bond donors (Lipinski definition) is 3. The van der Waals surface area contributed by atoms with Crippen LogP contribution in [0, 0.1) is 5.92 Å². The topological polar surface area (TPSA) is 105 Å². The standard InChI is InChI=1S/C12H18ClN3O3S2/c13-9-6-7-10(20-9)21(18,19)16-11(12(14)15-17)8-4-2-1-3-5-8/h6-8,11,16-17H,1-5H2,(H2,14,15). The van der Waals surface area contributed by atoms with E-state index >= 15 is 0 Å². The number of hydrogen-bond acceptors (Lipinski definition) is 5. The van der Waals surface area contributed by atoms with E-state index in [1.807, 2.05) is 0 Å². The van der Waals surface area contributed by atoms with E-state index < -0.39 is 16.1 Å². The van der Waals surface area contributed by atoms with Gasteiger partial charge in [-0.1, -0.05) is 36.0 Å². The Morgan fingerprint density at radius 2 is 2.10 bits per heavy atom. The van der Waals surface area contributed by atoms with Crippen LogP contribution >= 0.6 is 22.9 Å². The van der Waals surface area contributed by atoms with Gasteiger partial charge in [0, 0.05) is 0 Å². The third kappa shape index (κ3) is 4.09. The van der Waals surface area contributed by atoms with Crippen LogP contribution in [0.1, 0.15) is 32.1 Å². The van der Waals surface area contributed by atoms with Crippen molar-refractivity contribution < 1.29 is 13.6 Å². The van der Waals surface area contributed by atoms with Gasteiger partial charge in [-0.25, -0.2) is 8.42 Å². The summed E-state index contributed by atoms with van der Waals surface area (Å²) in [6.07, 6.45) is 4.88. The fraction of sp³-hybridized carbons (Fsp3) is 0.583. The minimum absolute atomic E-state index is 0.0415. The van der Waals surface area contributed by atoms with E-state index in [1.165, 1.54) is 12.1 Å². The molecule has 0 aliphatic heterocycles. The highest BCUT2D eigenvalue weighted by molar-refractivity contribution is 7.91. The number of nitrogens with two attached hydrogens (primary N) is 1. The molecule has 0 amide bonds. The average molecular weight is 352 g/mol. The molecule has 1 unspecified atom stereocenters. The Balaban J connectivity index is 2.22. The first-order valence-electron chi connectivity index (χ1n) is 6.69. The van der Waals surface area contributed by atoms with Crippen molar-refractivity contribution in [2.75, 3.05) is 0 Å². The lowest BCUT2D eigenvalue weighted by Crippen LogP contribution is -2.49. The summed E-state index contributed by atoms with van der Waals surface area (Å²) in [6.45, 7) is 0. The third-order valence-corrected chi connectivity index (χ3v) is 6.81. The molecule has 1 aliphatic rings. The van der Waals surface area contributed by atoms with E-state index in [0.717, 1.165) is 43.4 Å². The van der Waals surface area contributed by atoms with Gasteiger partial charge < -0.3 is 10.9 Å². The van der Waals surface area contributed by atoms with Crippen molar-refractivity contribution in [1.29, 1.82) is 0 Å². The summed E-state index contributed by atoms with van der Waals surface area (Å²) >= 11 is 6.75. The van der Waals surface area contributed by atoms with E-state index in [2.05, 4.69) is 9.88 Å². The molecule has 1 atom stereocenters. The van der Waals surface area contributed by atoms with Gasteiger partial charge in [-0.05, 0) is 30.9 Å². The van der Waals surface area contributed by atoms with Gasteiger partial charge in [-0.15, -0.1) is 11.3 Å². The number of nitrogens with zero attached hydrogens (tertiary/aromatic N) is 1. The lowest BCUT2D eigenvalue weighted by atomic mass is 9.84. The van der Waals surface area contributed by atoms with Crippen molar-refractivity contribution in [2.45, 2.75) is 42.4 Å². The monoisotopic (exact) mass is 351 g/mol. The maximum Gasteiger partial charge on any atom is 0.250 e. The Morgan fingerprint density at radius 3 is 2.62 bits per heavy atom. The highest BCUT2D eigenvalue weighted by atomic mass is 35.5. The van der Waals surface area contributed by atoms with Crippen molar-refractivity contribution in [2.24, 2.45) is 16.8 Å². The second kappa shape index (κ2) is 6.95. The Morgan fingerprint density at radius 1 is 1.43 bits per heavy atom. The van der Waals surface area contributed by atoms with Gasteiger partial charge in [0.2, 0.25) is 0 Å². The zero-order valence-electron chi connectivity index (χ0n) is 11.3. The molecule has 9 heteroatoms. The normalized spacial score (nSPS) is 19.6. The molecular formula is C12H18ClN3O3S2. The minimum Gasteiger partial charge on any atom is -0.409 e. The third-order valence-electron chi connectivity index (χ3n) is 3.65. The fourth-order valence-corrected chi connectivity index (χ4v) is 5.37. The van der Waals surface area contributed by atoms with Gasteiger partial charge in [-0.2, -0.15) is 4.72 Å². The zero-order chi connectivity index (χ0) is 15.5. The van der Waals surface area contributed by atoms with Crippen LogP contribution < -0.4 is 10.5 Å². The first-order chi connectivity index (χ1) is 9.94. The molecular weight excluding hydrogens is 334 g/mol. The number of oxime groups is 1. The Kier molecular flexibility index (Phi) is 5.48. The summed E-state index contributed by atoms with van der Waals surface area (Å²) in [4.78, 5) is 0. The zero-order valence-corrected chi connectivity index (χ0v) is 13.7. The number of nitrogens with one attached hydrogen (secondary N) is 1. The van der Waals surface area contributed by atoms with E-state index in [9.17, 15) is 8.42 Å². The molecule has 1 aromatic rings. The quantitative estimate of drug-likeness (QED) is 0.328. The lowest BCUT2D eigenvalue weighted by molar-refractivity contribution is 0.297. The molecule has 0 bridgehead atoms. The van der Waals surface area contributed by atoms with E-state index in [1.54, 1.807) is 0 Å². The summed E-state index contributed by atoms with van der Waals surface area (Å²) < 4.78 is 27.8. The summed E-state index contributed by atoms with van der Waals surface area (Å²) in [5.41, 5.74) is 5.69. The molecule has 21 heavy (non-hydrogen) atoms. The summed E-state index contributed by atoms with van der Waals surface area (Å²) in [7, 11) is -3.73. The second-order valence-corrected chi connectivity index (χ2v) is 8.74. The fourth-order valence-electron chi connectivity index (χ4n) is 2.60. The van der Waals surface area contributed by atoms with E-state index in [-0.39, 0.29) is 16.0 Å². The summed E-state index contributed by atoms with van der Waals surface area (Å²) in [5, 5.41) is 11.9. The van der Waals surface area contributed by atoms with Gasteiger partial charge in [0.1, 0.15) is 4.21 Å². The molecule has 4 N–H and O–H groups in total. The van der Waals surface area contributed by atoms with Gasteiger partial charge in [0.25, 0.3) is 10.0 Å². The van der Waals surface area contributed by atoms with Crippen LogP contribution in [0.3, 0.4) is 0 Å². The molecule has 118 valence electrons. The molecule has 1 aromatic heterocycles. The summed E-state index contributed by atoms with van der Waals surface area (Å²) in [5.74, 6) is -0.0620. The predicted molar refractivity (Wildman–Crippen MR) is 83.4 cm³/mol. The minimum atomic E-state index is -3.73. The Labute approximate surface area is 133 Å². The molecule has 1 heterocycles. The van der Waals surface area contributed by atoms with Crippen molar-refractivity contribution in [3.05, 3.63) is 16.5 Å². The van der Waals surface area contributed by atoms with Crippen LogP contribution in [0.15, 0.2) is 21.5 Å². The predicted octanol–water partition coefficient (Wildman–Crippen LogP) is 2.38. The Bertz CT molecular complexity index is 609. The largest absolute Gasteiger partial charge is 0.409 e. The maximum absolute atomic E-state index is 12.4. The number of amidine groups is 1. The molecule has 0 spiro atoms. The van der Waals surface area contributed by atoms with Crippen LogP contribution in [0.25, 0.3) is 0 Å². The van der Waals surface area contributed by atoms with Crippen LogP contribution in [-0.4, -0.2) is 25.5 Å². The molecule has 1 fully saturated rings. The van der Waals surface area contributed by atoms with Crippen LogP contribution in [0.4, 0.5) is 0 Å². The van der Waals surface area contributed by atoms with Crippen molar-refractivity contribution in [3.8, 4) is 0 Å². The molecule has 1 aliphatic carbocycles. The second-order valence-electron chi connectivity index (χ2n) is 5.08. The first-order valence-corrected chi connectivity index (χ1v) is 9.37. The summed E-state index contributed by atoms with van der Waals surface area (Å²) in [6, 6.07) is 2.28. The van der Waals surface area contributed by atoms with Gasteiger partial charge in [-0.3, -0.25) is 0 Å². The molecule has 0 saturated heterocycles. The Hall–Kier alpha value is -0.830. The lowest BCUT2D eigenvalue weighted by Gasteiger charge is -2.29. The van der Waals surface area contributed by atoms with Crippen molar-refractivity contribution in [3.63, 3.8) is 0 Å². The van der Waals surface area contributed by atoms with Crippen LogP contribution in [0.2, 0.25) is 4.34 Å². The van der Waals surface area contributed by atoms with Gasteiger partial charge in [0.05, 0.1) is 10.4 Å². The van der Waals surface area contributed by atoms with Crippen LogP contribution in [-0.2, 0) is 10.0 Å². The van der Waals surface area contributed by atoms with E-state index in [4.69, 9.17) is 22.5 Å². The SMILES string of the molecule is N/C(=N\O)C(NS(=O)(=O)c1ccc(Cl)s1)C1CCCCC1. The number of rotatable bonds is 5. The van der Waals surface area contributed by atoms with Crippen molar-refractivity contribution in [1.82, 2.24) is 4.72 Å². The number of halogens is 1. The highest BCUT2D eigenvalue weighted by Gasteiger charge is 2.32. The molecule has 6 nitrogen and oxygen atoms in total. The van der Waals surface area contributed by atoms with Crippen molar-refractivity contribution >= 4 is 38.8 Å². The molecule has 2 rings (SSSR count). The van der Waals surface area contributed by atoms with E-state index in [0.29, 0.717) is 4.34 Å². The molecule has 0 radical (unpaired) electrons. The van der Waals surface area contributed by atoms with Crippen LogP contribution in [0.5, 0.6) is 0 Å². The van der Waals surface area contributed by atoms with Gasteiger partial charge in [0.15, 0.2) is 5.84 Å². The smallest absolute Gasteiger partial charge is 0.250 e. The highest BCUT2D eigenvalue weighted by Crippen LogP contribution is 2.29. The number of sulfonamides is 1. The maximum atomic E-state index is 12.4. The molecule has 0 aromatic carbocycles. The number of thiophene rings is 1.